The third kappa shape index (κ3) is 3.80. The minimum atomic E-state index is 0.437. The van der Waals surface area contributed by atoms with Crippen LogP contribution in [0.5, 0.6) is 0 Å². The Morgan fingerprint density at radius 2 is 2.00 bits per heavy atom. The van der Waals surface area contributed by atoms with Crippen LogP contribution in [0.3, 0.4) is 0 Å². The van der Waals surface area contributed by atoms with Crippen molar-refractivity contribution in [2.75, 3.05) is 6.54 Å². The summed E-state index contributed by atoms with van der Waals surface area (Å²) in [7, 11) is 0. The molecule has 2 nitrogen and oxygen atoms in total. The highest BCUT2D eigenvalue weighted by Crippen LogP contribution is 2.32. The molecule has 2 saturated carbocycles. The first-order chi connectivity index (χ1) is 9.33. The van der Waals surface area contributed by atoms with Crippen molar-refractivity contribution in [1.82, 2.24) is 4.90 Å². The van der Waals surface area contributed by atoms with Crippen molar-refractivity contribution in [2.45, 2.75) is 63.6 Å². The van der Waals surface area contributed by atoms with Crippen LogP contribution < -0.4 is 5.73 Å². The van der Waals surface area contributed by atoms with Crippen LogP contribution >= 0.6 is 11.3 Å². The van der Waals surface area contributed by atoms with Gasteiger partial charge in [-0.3, -0.25) is 4.90 Å². The molecule has 0 radical (unpaired) electrons. The van der Waals surface area contributed by atoms with Crippen LogP contribution in [-0.2, 0) is 6.54 Å². The average Bonchev–Trinajstić information content (AvgIpc) is 3.16. The summed E-state index contributed by atoms with van der Waals surface area (Å²) < 4.78 is 0. The van der Waals surface area contributed by atoms with Crippen molar-refractivity contribution in [3.05, 3.63) is 22.4 Å². The lowest BCUT2D eigenvalue weighted by atomic mass is 9.95. The maximum Gasteiger partial charge on any atom is 0.0330 e. The number of nitrogens with zero attached hydrogens (tertiary/aromatic N) is 1. The van der Waals surface area contributed by atoms with Gasteiger partial charge in [-0.15, -0.1) is 11.3 Å². The molecule has 1 heterocycles. The van der Waals surface area contributed by atoms with E-state index in [2.05, 4.69) is 22.4 Å². The van der Waals surface area contributed by atoms with Crippen molar-refractivity contribution in [1.29, 1.82) is 0 Å². The second-order valence-electron chi connectivity index (χ2n) is 6.30. The lowest BCUT2D eigenvalue weighted by Crippen LogP contribution is -2.39. The van der Waals surface area contributed by atoms with E-state index in [1.54, 1.807) is 0 Å². The third-order valence-electron chi connectivity index (χ3n) is 4.69. The second-order valence-corrected chi connectivity index (χ2v) is 7.33. The molecule has 2 unspecified atom stereocenters. The van der Waals surface area contributed by atoms with Gasteiger partial charge in [0.15, 0.2) is 0 Å². The van der Waals surface area contributed by atoms with Gasteiger partial charge >= 0.3 is 0 Å². The fourth-order valence-corrected chi connectivity index (χ4v) is 4.06. The molecule has 0 saturated heterocycles. The van der Waals surface area contributed by atoms with Gasteiger partial charge in [-0.05, 0) is 43.0 Å². The zero-order chi connectivity index (χ0) is 13.1. The Bertz CT molecular complexity index is 372. The van der Waals surface area contributed by atoms with Gasteiger partial charge in [0.1, 0.15) is 0 Å². The molecule has 0 aromatic carbocycles. The van der Waals surface area contributed by atoms with Crippen molar-refractivity contribution in [3.63, 3.8) is 0 Å². The standard InChI is InChI=1S/C16H26N2S/c17-16-7-3-1-2-5-13(16)11-18(14-8-9-14)12-15-6-4-10-19-15/h4,6,10,13-14,16H,1-3,5,7-9,11-12,17H2. The van der Waals surface area contributed by atoms with Crippen LogP contribution in [0.1, 0.15) is 49.8 Å². The SMILES string of the molecule is NC1CCCCCC1CN(Cc1cccs1)C1CC1. The molecule has 2 atom stereocenters. The largest absolute Gasteiger partial charge is 0.327 e. The lowest BCUT2D eigenvalue weighted by Gasteiger charge is -2.29. The third-order valence-corrected chi connectivity index (χ3v) is 5.55. The molecule has 3 heteroatoms. The fourth-order valence-electron chi connectivity index (χ4n) is 3.33. The molecule has 2 aliphatic carbocycles. The molecule has 0 bridgehead atoms. The van der Waals surface area contributed by atoms with E-state index in [-0.39, 0.29) is 0 Å². The van der Waals surface area contributed by atoms with Gasteiger partial charge in [0, 0.05) is 30.1 Å². The molecule has 3 rings (SSSR count). The van der Waals surface area contributed by atoms with Gasteiger partial charge in [-0.2, -0.15) is 0 Å². The Labute approximate surface area is 121 Å². The molecule has 2 fully saturated rings. The van der Waals surface area contributed by atoms with E-state index >= 15 is 0 Å². The van der Waals surface area contributed by atoms with Crippen molar-refractivity contribution >= 4 is 11.3 Å². The number of nitrogens with two attached hydrogens (primary N) is 1. The van der Waals surface area contributed by atoms with E-state index in [4.69, 9.17) is 5.73 Å². The summed E-state index contributed by atoms with van der Waals surface area (Å²) in [4.78, 5) is 4.22. The predicted octanol–water partition coefficient (Wildman–Crippen LogP) is 3.62. The van der Waals surface area contributed by atoms with Crippen LogP contribution in [0.15, 0.2) is 17.5 Å². The molecule has 0 spiro atoms. The topological polar surface area (TPSA) is 29.3 Å². The van der Waals surface area contributed by atoms with E-state index < -0.39 is 0 Å². The zero-order valence-corrected chi connectivity index (χ0v) is 12.6. The Morgan fingerprint density at radius 3 is 2.74 bits per heavy atom. The zero-order valence-electron chi connectivity index (χ0n) is 11.8. The first-order valence-corrected chi connectivity index (χ1v) is 8.73. The summed E-state index contributed by atoms with van der Waals surface area (Å²) in [6, 6.07) is 5.72. The highest BCUT2D eigenvalue weighted by atomic mass is 32.1. The summed E-state index contributed by atoms with van der Waals surface area (Å²) in [5, 5.41) is 2.19. The van der Waals surface area contributed by atoms with Crippen molar-refractivity contribution in [2.24, 2.45) is 11.7 Å². The predicted molar refractivity (Wildman–Crippen MR) is 82.3 cm³/mol. The summed E-state index contributed by atoms with van der Waals surface area (Å²) in [6.45, 7) is 2.37. The van der Waals surface area contributed by atoms with Gasteiger partial charge in [-0.25, -0.2) is 0 Å². The summed E-state index contributed by atoms with van der Waals surface area (Å²) in [5.41, 5.74) is 6.40. The first kappa shape index (κ1) is 13.6. The van der Waals surface area contributed by atoms with Crippen LogP contribution in [0, 0.1) is 5.92 Å². The minimum Gasteiger partial charge on any atom is -0.327 e. The number of hydrogen-bond acceptors (Lipinski definition) is 3. The van der Waals surface area contributed by atoms with Crippen molar-refractivity contribution < 1.29 is 0 Å². The van der Waals surface area contributed by atoms with E-state index in [0.717, 1.165) is 18.5 Å². The van der Waals surface area contributed by atoms with Gasteiger partial charge in [0.25, 0.3) is 0 Å². The summed E-state index contributed by atoms with van der Waals surface area (Å²) in [5.74, 6) is 0.725. The second kappa shape index (κ2) is 6.38. The molecular weight excluding hydrogens is 252 g/mol. The summed E-state index contributed by atoms with van der Waals surface area (Å²) in [6.07, 6.45) is 9.48. The fraction of sp³-hybridized carbons (Fsp3) is 0.750. The van der Waals surface area contributed by atoms with E-state index in [9.17, 15) is 0 Å². The number of hydrogen-bond donors (Lipinski definition) is 1. The molecule has 19 heavy (non-hydrogen) atoms. The highest BCUT2D eigenvalue weighted by Gasteiger charge is 2.32. The maximum absolute atomic E-state index is 6.40. The van der Waals surface area contributed by atoms with E-state index in [1.165, 1.54) is 56.4 Å². The maximum atomic E-state index is 6.40. The summed E-state index contributed by atoms with van der Waals surface area (Å²) >= 11 is 1.89. The molecule has 0 aliphatic heterocycles. The first-order valence-electron chi connectivity index (χ1n) is 7.85. The Kier molecular flexibility index (Phi) is 4.57. The average molecular weight is 278 g/mol. The molecule has 2 aliphatic rings. The van der Waals surface area contributed by atoms with Gasteiger partial charge in [0.05, 0.1) is 0 Å². The van der Waals surface area contributed by atoms with Crippen LogP contribution in [0.4, 0.5) is 0 Å². The van der Waals surface area contributed by atoms with Gasteiger partial charge < -0.3 is 5.73 Å². The van der Waals surface area contributed by atoms with Gasteiger partial charge in [-0.1, -0.05) is 25.3 Å². The van der Waals surface area contributed by atoms with E-state index in [1.807, 2.05) is 11.3 Å². The van der Waals surface area contributed by atoms with Crippen LogP contribution in [0.2, 0.25) is 0 Å². The monoisotopic (exact) mass is 278 g/mol. The van der Waals surface area contributed by atoms with Gasteiger partial charge in [0.2, 0.25) is 0 Å². The Balaban J connectivity index is 1.60. The van der Waals surface area contributed by atoms with E-state index in [0.29, 0.717) is 6.04 Å². The Hall–Kier alpha value is -0.380. The number of rotatable bonds is 5. The molecule has 1 aromatic heterocycles. The lowest BCUT2D eigenvalue weighted by molar-refractivity contribution is 0.192. The minimum absolute atomic E-state index is 0.437. The molecule has 106 valence electrons. The molecule has 1 aromatic rings. The molecule has 0 amide bonds. The molecule has 2 N–H and O–H groups in total. The van der Waals surface area contributed by atoms with Crippen LogP contribution in [0.25, 0.3) is 0 Å². The molecular formula is C16H26N2S. The normalized spacial score (nSPS) is 28.5. The number of thiophene rings is 1. The Morgan fingerprint density at radius 1 is 1.16 bits per heavy atom. The van der Waals surface area contributed by atoms with Crippen molar-refractivity contribution in [3.8, 4) is 0 Å². The quantitative estimate of drug-likeness (QED) is 0.834. The smallest absolute Gasteiger partial charge is 0.0330 e. The highest BCUT2D eigenvalue weighted by molar-refractivity contribution is 7.09. The van der Waals surface area contributed by atoms with Crippen LogP contribution in [-0.4, -0.2) is 23.5 Å².